The fourth-order valence-electron chi connectivity index (χ4n) is 1.71. The van der Waals surface area contributed by atoms with Crippen molar-refractivity contribution in [3.8, 4) is 0 Å². The lowest BCUT2D eigenvalue weighted by atomic mass is 10.2. The van der Waals surface area contributed by atoms with E-state index in [0.717, 1.165) is 13.1 Å². The Morgan fingerprint density at radius 2 is 2.00 bits per heavy atom. The standard InChI is InChI=1S/C13H16N2O/c16-10-4-7-14-8-9-15(12-14)11-13-5-2-1-3-6-13/h1-3,5-6,8-9,12H,4,7,10-11H2. The SMILES string of the molecule is [O-]CCCn1cc[n+](Cc2ccccc2)c1. The minimum Gasteiger partial charge on any atom is -0.854 e. The molecule has 0 atom stereocenters. The zero-order valence-corrected chi connectivity index (χ0v) is 9.25. The summed E-state index contributed by atoms with van der Waals surface area (Å²) >= 11 is 0. The lowest BCUT2D eigenvalue weighted by molar-refractivity contribution is -0.687. The Hall–Kier alpha value is -1.61. The highest BCUT2D eigenvalue weighted by Crippen LogP contribution is 1.97. The van der Waals surface area contributed by atoms with Crippen LogP contribution in [0.1, 0.15) is 12.0 Å². The summed E-state index contributed by atoms with van der Waals surface area (Å²) in [6.45, 7) is 1.69. The van der Waals surface area contributed by atoms with Crippen molar-refractivity contribution in [1.29, 1.82) is 0 Å². The molecular weight excluding hydrogens is 200 g/mol. The van der Waals surface area contributed by atoms with Gasteiger partial charge in [-0.05, 0) is 12.0 Å². The molecule has 0 amide bonds. The summed E-state index contributed by atoms with van der Waals surface area (Å²) < 4.78 is 4.18. The third-order valence-electron chi connectivity index (χ3n) is 2.51. The number of hydrogen-bond donors (Lipinski definition) is 0. The zero-order valence-electron chi connectivity index (χ0n) is 9.25. The van der Waals surface area contributed by atoms with Crippen LogP contribution in [-0.2, 0) is 13.1 Å². The number of imidazole rings is 1. The van der Waals surface area contributed by atoms with Crippen molar-refractivity contribution < 1.29 is 9.67 Å². The summed E-state index contributed by atoms with van der Waals surface area (Å²) in [6.07, 6.45) is 6.79. The maximum atomic E-state index is 10.4. The number of hydrogen-bond acceptors (Lipinski definition) is 1. The molecule has 0 radical (unpaired) electrons. The molecule has 0 aliphatic heterocycles. The molecule has 3 nitrogen and oxygen atoms in total. The Balaban J connectivity index is 1.97. The van der Waals surface area contributed by atoms with E-state index in [4.69, 9.17) is 0 Å². The molecule has 0 aliphatic rings. The van der Waals surface area contributed by atoms with Gasteiger partial charge in [0.2, 0.25) is 6.33 Å². The molecule has 16 heavy (non-hydrogen) atoms. The second kappa shape index (κ2) is 5.47. The van der Waals surface area contributed by atoms with Crippen LogP contribution >= 0.6 is 0 Å². The first-order valence-electron chi connectivity index (χ1n) is 5.55. The molecule has 3 heteroatoms. The third kappa shape index (κ3) is 2.94. The Morgan fingerprint density at radius 3 is 2.75 bits per heavy atom. The van der Waals surface area contributed by atoms with Crippen molar-refractivity contribution in [3.05, 3.63) is 54.6 Å². The number of aromatic nitrogens is 2. The highest BCUT2D eigenvalue weighted by Gasteiger charge is 2.02. The monoisotopic (exact) mass is 216 g/mol. The van der Waals surface area contributed by atoms with Gasteiger partial charge in [0.05, 0.1) is 6.54 Å². The van der Waals surface area contributed by atoms with Crippen LogP contribution < -0.4 is 9.67 Å². The van der Waals surface area contributed by atoms with Crippen molar-refractivity contribution >= 4 is 0 Å². The minimum absolute atomic E-state index is 0.00311. The van der Waals surface area contributed by atoms with Gasteiger partial charge in [0, 0.05) is 0 Å². The van der Waals surface area contributed by atoms with Crippen molar-refractivity contribution in [2.24, 2.45) is 0 Å². The second-order valence-electron chi connectivity index (χ2n) is 3.87. The topological polar surface area (TPSA) is 31.9 Å². The summed E-state index contributed by atoms with van der Waals surface area (Å²) in [5.41, 5.74) is 1.29. The van der Waals surface area contributed by atoms with E-state index in [1.165, 1.54) is 5.56 Å². The summed E-state index contributed by atoms with van der Waals surface area (Å²) in [7, 11) is 0. The van der Waals surface area contributed by atoms with Crippen LogP contribution in [-0.4, -0.2) is 11.2 Å². The van der Waals surface area contributed by atoms with Gasteiger partial charge in [0.1, 0.15) is 18.9 Å². The van der Waals surface area contributed by atoms with E-state index in [2.05, 4.69) is 21.3 Å². The molecule has 1 aromatic carbocycles. The summed E-state index contributed by atoms with van der Waals surface area (Å²) in [6, 6.07) is 10.3. The van der Waals surface area contributed by atoms with Gasteiger partial charge in [0.25, 0.3) is 0 Å². The molecule has 84 valence electrons. The van der Waals surface area contributed by atoms with Crippen molar-refractivity contribution in [2.75, 3.05) is 6.61 Å². The van der Waals surface area contributed by atoms with E-state index in [0.29, 0.717) is 6.42 Å². The minimum atomic E-state index is -0.00311. The molecule has 0 N–H and O–H groups in total. The van der Waals surface area contributed by atoms with Crippen LogP contribution in [0, 0.1) is 0 Å². The fourth-order valence-corrected chi connectivity index (χ4v) is 1.71. The van der Waals surface area contributed by atoms with Crippen molar-refractivity contribution in [3.63, 3.8) is 0 Å². The average molecular weight is 216 g/mol. The lowest BCUT2D eigenvalue weighted by Gasteiger charge is -1.99. The Morgan fingerprint density at radius 1 is 1.19 bits per heavy atom. The van der Waals surface area contributed by atoms with Crippen LogP contribution in [0.5, 0.6) is 0 Å². The quantitative estimate of drug-likeness (QED) is 0.673. The molecule has 1 heterocycles. The van der Waals surface area contributed by atoms with Crippen LogP contribution in [0.4, 0.5) is 0 Å². The van der Waals surface area contributed by atoms with Gasteiger partial charge >= 0.3 is 0 Å². The summed E-state index contributed by atoms with van der Waals surface area (Å²) in [4.78, 5) is 0. The smallest absolute Gasteiger partial charge is 0.244 e. The maximum Gasteiger partial charge on any atom is 0.244 e. The molecule has 0 saturated heterocycles. The molecule has 1 aromatic heterocycles. The van der Waals surface area contributed by atoms with Crippen LogP contribution in [0.2, 0.25) is 0 Å². The van der Waals surface area contributed by atoms with E-state index in [1.807, 2.05) is 36.9 Å². The van der Waals surface area contributed by atoms with Gasteiger partial charge in [-0.25, -0.2) is 9.13 Å². The molecule has 0 spiro atoms. The maximum absolute atomic E-state index is 10.4. The van der Waals surface area contributed by atoms with Crippen LogP contribution in [0.25, 0.3) is 0 Å². The molecule has 2 rings (SSSR count). The lowest BCUT2D eigenvalue weighted by Crippen LogP contribution is -2.31. The summed E-state index contributed by atoms with van der Waals surface area (Å²) in [5.74, 6) is 0. The predicted molar refractivity (Wildman–Crippen MR) is 59.7 cm³/mol. The molecule has 2 aromatic rings. The normalized spacial score (nSPS) is 10.6. The second-order valence-corrected chi connectivity index (χ2v) is 3.87. The zero-order chi connectivity index (χ0) is 11.2. The Labute approximate surface area is 95.6 Å². The fraction of sp³-hybridized carbons (Fsp3) is 0.308. The molecule has 0 bridgehead atoms. The highest BCUT2D eigenvalue weighted by molar-refractivity contribution is 5.13. The Bertz CT molecular complexity index is 423. The largest absolute Gasteiger partial charge is 0.854 e. The Kier molecular flexibility index (Phi) is 3.72. The van der Waals surface area contributed by atoms with E-state index in [-0.39, 0.29) is 6.61 Å². The predicted octanol–water partition coefficient (Wildman–Crippen LogP) is 0.574. The van der Waals surface area contributed by atoms with Gasteiger partial charge in [-0.3, -0.25) is 0 Å². The first kappa shape index (κ1) is 10.9. The van der Waals surface area contributed by atoms with Crippen LogP contribution in [0.15, 0.2) is 49.1 Å². The van der Waals surface area contributed by atoms with Crippen LogP contribution in [0.3, 0.4) is 0 Å². The van der Waals surface area contributed by atoms with Crippen molar-refractivity contribution in [1.82, 2.24) is 4.57 Å². The summed E-state index contributed by atoms with van der Waals surface area (Å²) in [5, 5.41) is 10.4. The van der Waals surface area contributed by atoms with E-state index in [9.17, 15) is 5.11 Å². The first-order valence-corrected chi connectivity index (χ1v) is 5.55. The number of rotatable bonds is 5. The molecular formula is C13H16N2O. The molecule has 0 unspecified atom stereocenters. The van der Waals surface area contributed by atoms with Gasteiger partial charge in [-0.15, -0.1) is 6.61 Å². The van der Waals surface area contributed by atoms with E-state index < -0.39 is 0 Å². The third-order valence-corrected chi connectivity index (χ3v) is 2.51. The highest BCUT2D eigenvalue weighted by atomic mass is 16.3. The first-order chi connectivity index (χ1) is 7.88. The molecule has 0 fully saturated rings. The molecule has 0 saturated carbocycles. The van der Waals surface area contributed by atoms with Crippen molar-refractivity contribution in [2.45, 2.75) is 19.5 Å². The van der Waals surface area contributed by atoms with Gasteiger partial charge in [-0.1, -0.05) is 30.3 Å². The number of aryl methyl sites for hydroxylation is 1. The van der Waals surface area contributed by atoms with Gasteiger partial charge in [-0.2, -0.15) is 0 Å². The average Bonchev–Trinajstić information content (AvgIpc) is 2.75. The number of nitrogens with zero attached hydrogens (tertiary/aromatic N) is 2. The molecule has 0 aliphatic carbocycles. The number of benzene rings is 1. The van der Waals surface area contributed by atoms with E-state index in [1.54, 1.807) is 0 Å². The van der Waals surface area contributed by atoms with Gasteiger partial charge in [0.15, 0.2) is 0 Å². The van der Waals surface area contributed by atoms with Gasteiger partial charge < -0.3 is 5.11 Å². The van der Waals surface area contributed by atoms with E-state index >= 15 is 0 Å².